The monoisotopic (exact) mass is 1150 g/mol. The van der Waals surface area contributed by atoms with Crippen LogP contribution in [0.1, 0.15) is 374 Å². The highest BCUT2D eigenvalue weighted by Gasteiger charge is 2.19. The van der Waals surface area contributed by atoms with Crippen molar-refractivity contribution < 1.29 is 28.6 Å². The third-order valence-corrected chi connectivity index (χ3v) is 15.9. The Balaban J connectivity index is 4.05. The normalized spacial score (nSPS) is 12.5. The number of ether oxygens (including phenoxy) is 3. The smallest absolute Gasteiger partial charge is 0.306 e. The SMILES string of the molecule is CC/C=C\C/C=C\C/C=C\C/C=C\C/C=C\CCCCCCCCCCCCCCCCCCCC(=O)OCC(COC(=O)CCCCCCCCCC)OC(=O)CCCCCCCCCCCCC/C=C\CCCCCCCCCC. The van der Waals surface area contributed by atoms with Crippen molar-refractivity contribution in [3.63, 3.8) is 0 Å². The van der Waals surface area contributed by atoms with Crippen LogP contribution in [0.3, 0.4) is 0 Å². The molecule has 82 heavy (non-hydrogen) atoms. The zero-order valence-corrected chi connectivity index (χ0v) is 54.8. The van der Waals surface area contributed by atoms with Crippen molar-refractivity contribution in [2.24, 2.45) is 0 Å². The molecule has 0 spiro atoms. The summed E-state index contributed by atoms with van der Waals surface area (Å²) >= 11 is 0. The van der Waals surface area contributed by atoms with E-state index in [1.807, 2.05) is 0 Å². The van der Waals surface area contributed by atoms with E-state index in [1.165, 1.54) is 244 Å². The van der Waals surface area contributed by atoms with Gasteiger partial charge in [-0.1, -0.05) is 338 Å². The molecular formula is C76H136O6. The second kappa shape index (κ2) is 70.3. The Kier molecular flexibility index (Phi) is 67.6. The van der Waals surface area contributed by atoms with Gasteiger partial charge in [-0.2, -0.15) is 0 Å². The van der Waals surface area contributed by atoms with Gasteiger partial charge in [-0.05, 0) is 89.9 Å². The molecule has 0 bridgehead atoms. The molecule has 0 radical (unpaired) electrons. The van der Waals surface area contributed by atoms with Gasteiger partial charge in [-0.3, -0.25) is 14.4 Å². The van der Waals surface area contributed by atoms with Crippen LogP contribution >= 0.6 is 0 Å². The molecule has 6 heteroatoms. The molecule has 0 rings (SSSR count). The zero-order chi connectivity index (χ0) is 59.2. The van der Waals surface area contributed by atoms with Gasteiger partial charge in [0.25, 0.3) is 0 Å². The van der Waals surface area contributed by atoms with Gasteiger partial charge < -0.3 is 14.2 Å². The lowest BCUT2D eigenvalue weighted by atomic mass is 10.0. The first kappa shape index (κ1) is 78.8. The van der Waals surface area contributed by atoms with Crippen LogP contribution in [0.5, 0.6) is 0 Å². The molecule has 0 aromatic rings. The highest BCUT2D eigenvalue weighted by molar-refractivity contribution is 5.71. The lowest BCUT2D eigenvalue weighted by Gasteiger charge is -2.18. The quantitative estimate of drug-likeness (QED) is 0.0261. The minimum absolute atomic E-state index is 0.0698. The standard InChI is InChI=1S/C76H136O6/c1-4-7-10-13-16-19-21-23-25-27-29-31-33-34-35-36-37-38-39-40-41-42-44-45-47-49-51-53-55-57-60-63-66-69-75(78)81-72-73(71-80-74(77)68-65-62-59-18-15-12-9-6-3)82-76(79)70-67-64-61-58-56-54-52-50-48-46-43-32-30-28-26-24-22-20-17-14-11-8-5-2/h7,10,16,19,23,25,28-31,34-35,73H,4-6,8-9,11-15,17-18,20-22,24,26-27,32-33,36-72H2,1-3H3/b10-7-,19-16-,25-23-,30-28-,31-29-,35-34-. The number of allylic oxidation sites excluding steroid dienone is 12. The minimum Gasteiger partial charge on any atom is -0.462 e. The van der Waals surface area contributed by atoms with E-state index in [2.05, 4.69) is 93.7 Å². The van der Waals surface area contributed by atoms with Crippen molar-refractivity contribution in [1.29, 1.82) is 0 Å². The van der Waals surface area contributed by atoms with Crippen LogP contribution in [0.25, 0.3) is 0 Å². The lowest BCUT2D eigenvalue weighted by Crippen LogP contribution is -2.30. The second-order valence-corrected chi connectivity index (χ2v) is 24.1. The first-order chi connectivity index (χ1) is 40.5. The maximum Gasteiger partial charge on any atom is 0.306 e. The van der Waals surface area contributed by atoms with Gasteiger partial charge in [0, 0.05) is 19.3 Å². The number of unbranched alkanes of at least 4 members (excludes halogenated alkanes) is 43. The summed E-state index contributed by atoms with van der Waals surface area (Å²) in [4.78, 5) is 38.3. The van der Waals surface area contributed by atoms with E-state index in [1.54, 1.807) is 0 Å². The lowest BCUT2D eigenvalue weighted by molar-refractivity contribution is -0.167. The Morgan fingerprint density at radius 1 is 0.256 bits per heavy atom. The average Bonchev–Trinajstić information content (AvgIpc) is 3.47. The van der Waals surface area contributed by atoms with Crippen LogP contribution in [0.2, 0.25) is 0 Å². The highest BCUT2D eigenvalue weighted by atomic mass is 16.6. The van der Waals surface area contributed by atoms with Gasteiger partial charge in [0.05, 0.1) is 0 Å². The van der Waals surface area contributed by atoms with E-state index in [4.69, 9.17) is 14.2 Å². The summed E-state index contributed by atoms with van der Waals surface area (Å²) in [6, 6.07) is 0. The van der Waals surface area contributed by atoms with Crippen molar-refractivity contribution in [3.05, 3.63) is 72.9 Å². The predicted molar refractivity (Wildman–Crippen MR) is 358 cm³/mol. The average molecular weight is 1150 g/mol. The minimum atomic E-state index is -0.771. The molecule has 0 fully saturated rings. The summed E-state index contributed by atoms with van der Waals surface area (Å²) < 4.78 is 16.9. The Morgan fingerprint density at radius 2 is 0.476 bits per heavy atom. The van der Waals surface area contributed by atoms with Crippen LogP contribution in [0.15, 0.2) is 72.9 Å². The van der Waals surface area contributed by atoms with Crippen LogP contribution in [0, 0.1) is 0 Å². The Bertz CT molecular complexity index is 1500. The fourth-order valence-electron chi connectivity index (χ4n) is 10.6. The first-order valence-corrected chi connectivity index (χ1v) is 35.9. The molecule has 0 amide bonds. The molecule has 1 atom stereocenters. The van der Waals surface area contributed by atoms with E-state index >= 15 is 0 Å². The van der Waals surface area contributed by atoms with E-state index in [-0.39, 0.29) is 31.1 Å². The van der Waals surface area contributed by atoms with Crippen LogP contribution in [-0.4, -0.2) is 37.2 Å². The summed E-state index contributed by atoms with van der Waals surface area (Å²) in [5, 5.41) is 0. The molecule has 0 aliphatic rings. The van der Waals surface area contributed by atoms with Gasteiger partial charge >= 0.3 is 17.9 Å². The summed E-state index contributed by atoms with van der Waals surface area (Å²) in [7, 11) is 0. The molecule has 0 aromatic heterocycles. The largest absolute Gasteiger partial charge is 0.462 e. The van der Waals surface area contributed by atoms with Crippen molar-refractivity contribution in [3.8, 4) is 0 Å². The van der Waals surface area contributed by atoms with Crippen LogP contribution < -0.4 is 0 Å². The first-order valence-electron chi connectivity index (χ1n) is 35.9. The van der Waals surface area contributed by atoms with Crippen molar-refractivity contribution in [2.75, 3.05) is 13.2 Å². The topological polar surface area (TPSA) is 78.9 Å². The van der Waals surface area contributed by atoms with Crippen molar-refractivity contribution in [1.82, 2.24) is 0 Å². The van der Waals surface area contributed by atoms with Crippen molar-refractivity contribution >= 4 is 17.9 Å². The number of hydrogen-bond acceptors (Lipinski definition) is 6. The Morgan fingerprint density at radius 3 is 0.756 bits per heavy atom. The van der Waals surface area contributed by atoms with Crippen LogP contribution in [0.4, 0.5) is 0 Å². The maximum atomic E-state index is 12.9. The highest BCUT2D eigenvalue weighted by Crippen LogP contribution is 2.18. The molecule has 1 unspecified atom stereocenters. The number of carbonyl (C=O) groups is 3. The molecule has 0 N–H and O–H groups in total. The number of carbonyl (C=O) groups excluding carboxylic acids is 3. The fourth-order valence-corrected chi connectivity index (χ4v) is 10.6. The molecule has 0 heterocycles. The fraction of sp³-hybridized carbons (Fsp3) is 0.803. The van der Waals surface area contributed by atoms with Gasteiger partial charge in [-0.15, -0.1) is 0 Å². The molecule has 0 aliphatic carbocycles. The molecular weight excluding hydrogens is 1010 g/mol. The van der Waals surface area contributed by atoms with Gasteiger partial charge in [0.2, 0.25) is 0 Å². The molecule has 0 aromatic carbocycles. The second-order valence-electron chi connectivity index (χ2n) is 24.1. The summed E-state index contributed by atoms with van der Waals surface area (Å²) in [5.74, 6) is -0.853. The molecule has 476 valence electrons. The predicted octanol–water partition coefficient (Wildman–Crippen LogP) is 24.8. The van der Waals surface area contributed by atoms with Crippen LogP contribution in [-0.2, 0) is 28.6 Å². The van der Waals surface area contributed by atoms with Crippen molar-refractivity contribution in [2.45, 2.75) is 380 Å². The third-order valence-electron chi connectivity index (χ3n) is 15.9. The van der Waals surface area contributed by atoms with E-state index in [9.17, 15) is 14.4 Å². The molecule has 0 saturated heterocycles. The molecule has 6 nitrogen and oxygen atoms in total. The van der Waals surface area contributed by atoms with E-state index in [0.717, 1.165) is 89.9 Å². The van der Waals surface area contributed by atoms with Gasteiger partial charge in [0.1, 0.15) is 13.2 Å². The number of rotatable bonds is 66. The zero-order valence-electron chi connectivity index (χ0n) is 54.8. The summed E-state index contributed by atoms with van der Waals surface area (Å²) in [6.45, 7) is 6.55. The third kappa shape index (κ3) is 67.6. The van der Waals surface area contributed by atoms with Gasteiger partial charge in [0.15, 0.2) is 6.10 Å². The number of esters is 3. The van der Waals surface area contributed by atoms with Gasteiger partial charge in [-0.25, -0.2) is 0 Å². The summed E-state index contributed by atoms with van der Waals surface area (Å²) in [5.41, 5.74) is 0. The Hall–Kier alpha value is -3.15. The molecule has 0 aliphatic heterocycles. The maximum absolute atomic E-state index is 12.9. The number of hydrogen-bond donors (Lipinski definition) is 0. The van der Waals surface area contributed by atoms with E-state index < -0.39 is 6.10 Å². The Labute approximate surface area is 510 Å². The van der Waals surface area contributed by atoms with E-state index in [0.29, 0.717) is 19.3 Å². The molecule has 0 saturated carbocycles. The summed E-state index contributed by atoms with van der Waals surface area (Å²) in [6.07, 6.45) is 92.5.